The molecule has 7 nitrogen and oxygen atoms in total. The van der Waals surface area contributed by atoms with E-state index in [4.69, 9.17) is 4.42 Å². The highest BCUT2D eigenvalue weighted by Gasteiger charge is 2.33. The molecule has 2 rings (SSSR count). The molecule has 1 fully saturated rings. The van der Waals surface area contributed by atoms with Gasteiger partial charge in [-0.2, -0.15) is 0 Å². The number of rotatable bonds is 3. The molecule has 0 saturated carbocycles. The fourth-order valence-corrected chi connectivity index (χ4v) is 3.04. The van der Waals surface area contributed by atoms with Crippen molar-refractivity contribution in [3.05, 3.63) is 12.1 Å². The number of sulfonamides is 1. The van der Waals surface area contributed by atoms with Crippen LogP contribution in [-0.4, -0.2) is 43.8 Å². The van der Waals surface area contributed by atoms with Gasteiger partial charge < -0.3 is 9.32 Å². The third kappa shape index (κ3) is 3.01. The molecule has 112 valence electrons. The number of hydrogen-bond donors (Lipinski definition) is 1. The number of hydrogen-bond acceptors (Lipinski definition) is 5. The van der Waals surface area contributed by atoms with Gasteiger partial charge in [0.1, 0.15) is 0 Å². The molecule has 1 N–H and O–H groups in total. The number of aromatic nitrogens is 1. The molecule has 1 aromatic heterocycles. The van der Waals surface area contributed by atoms with Crippen molar-refractivity contribution < 1.29 is 17.6 Å². The summed E-state index contributed by atoms with van der Waals surface area (Å²) in [6, 6.07) is -0.430. The second-order valence-electron chi connectivity index (χ2n) is 6.03. The highest BCUT2D eigenvalue weighted by atomic mass is 32.2. The minimum Gasteiger partial charge on any atom is -0.427 e. The Morgan fingerprint density at radius 3 is 2.55 bits per heavy atom. The molecule has 1 aromatic rings. The Hall–Kier alpha value is -1.41. The normalized spacial score (nSPS) is 20.7. The van der Waals surface area contributed by atoms with E-state index in [1.54, 1.807) is 7.05 Å². The van der Waals surface area contributed by atoms with Gasteiger partial charge >= 0.3 is 0 Å². The molecular weight excluding hydrogens is 282 g/mol. The van der Waals surface area contributed by atoms with Gasteiger partial charge in [-0.3, -0.25) is 4.79 Å². The van der Waals surface area contributed by atoms with E-state index < -0.39 is 16.1 Å². The van der Waals surface area contributed by atoms with E-state index in [-0.39, 0.29) is 22.8 Å². The predicted octanol–water partition coefficient (Wildman–Crippen LogP) is 0.481. The summed E-state index contributed by atoms with van der Waals surface area (Å²) >= 11 is 0. The van der Waals surface area contributed by atoms with Crippen molar-refractivity contribution in [2.45, 2.75) is 43.7 Å². The molecule has 1 aliphatic rings. The minimum absolute atomic E-state index is 0.0781. The summed E-state index contributed by atoms with van der Waals surface area (Å²) in [5, 5.41) is -0.218. The number of likely N-dealkylation sites (tertiary alicyclic amines) is 1. The molecule has 20 heavy (non-hydrogen) atoms. The van der Waals surface area contributed by atoms with Crippen LogP contribution >= 0.6 is 0 Å². The summed E-state index contributed by atoms with van der Waals surface area (Å²) in [6.07, 6.45) is 1.36. The molecule has 0 spiro atoms. The number of likely N-dealkylation sites (N-methyl/N-ethyl adjacent to an activating group) is 1. The highest BCUT2D eigenvalue weighted by molar-refractivity contribution is 7.89. The maximum absolute atomic E-state index is 12.2. The monoisotopic (exact) mass is 301 g/mol. The Bertz CT molecular complexity index is 615. The van der Waals surface area contributed by atoms with Crippen LogP contribution in [0.15, 0.2) is 15.7 Å². The molecule has 0 unspecified atom stereocenters. The third-order valence-corrected chi connectivity index (χ3v) is 4.42. The van der Waals surface area contributed by atoms with Gasteiger partial charge in [0.05, 0.1) is 6.20 Å². The van der Waals surface area contributed by atoms with Crippen molar-refractivity contribution in [2.24, 2.45) is 0 Å². The number of amides is 1. The molecule has 0 aromatic carbocycles. The summed E-state index contributed by atoms with van der Waals surface area (Å²) < 4.78 is 32.1. The lowest BCUT2D eigenvalue weighted by Crippen LogP contribution is -2.36. The Morgan fingerprint density at radius 1 is 1.45 bits per heavy atom. The Balaban J connectivity index is 2.15. The standard InChI is InChI=1S/C12H19N3O4S/c1-12(2,3)11-13-6-10(19-11)20(17,18)14-8-5-9(16)15(4)7-8/h6,8,14H,5,7H2,1-4H3/t8-/m0/s1. The molecule has 1 atom stereocenters. The maximum Gasteiger partial charge on any atom is 0.275 e. The number of nitrogens with zero attached hydrogens (tertiary/aromatic N) is 2. The molecule has 0 aliphatic carbocycles. The molecule has 0 radical (unpaired) electrons. The maximum atomic E-state index is 12.2. The van der Waals surface area contributed by atoms with Crippen molar-refractivity contribution in [3.8, 4) is 0 Å². The second kappa shape index (κ2) is 4.85. The average Bonchev–Trinajstić information content (AvgIpc) is 2.86. The average molecular weight is 301 g/mol. The third-order valence-electron chi connectivity index (χ3n) is 3.05. The van der Waals surface area contributed by atoms with E-state index in [2.05, 4.69) is 9.71 Å². The van der Waals surface area contributed by atoms with E-state index in [1.165, 1.54) is 11.1 Å². The fraction of sp³-hybridized carbons (Fsp3) is 0.667. The number of carbonyl (C=O) groups excluding carboxylic acids is 1. The van der Waals surface area contributed by atoms with Gasteiger partial charge in [0.15, 0.2) is 0 Å². The molecule has 8 heteroatoms. The van der Waals surface area contributed by atoms with Gasteiger partial charge in [0, 0.05) is 31.5 Å². The smallest absolute Gasteiger partial charge is 0.275 e. The van der Waals surface area contributed by atoms with Gasteiger partial charge in [-0.25, -0.2) is 18.1 Å². The first-order valence-electron chi connectivity index (χ1n) is 6.32. The molecule has 1 saturated heterocycles. The van der Waals surface area contributed by atoms with Crippen molar-refractivity contribution in [2.75, 3.05) is 13.6 Å². The predicted molar refractivity (Wildman–Crippen MR) is 71.6 cm³/mol. The first-order chi connectivity index (χ1) is 9.09. The second-order valence-corrected chi connectivity index (χ2v) is 7.68. The van der Waals surface area contributed by atoms with Crippen LogP contribution in [-0.2, 0) is 20.2 Å². The van der Waals surface area contributed by atoms with Crippen molar-refractivity contribution in [1.82, 2.24) is 14.6 Å². The summed E-state index contributed by atoms with van der Waals surface area (Å²) in [5.74, 6) is 0.281. The van der Waals surface area contributed by atoms with Gasteiger partial charge in [-0.1, -0.05) is 20.8 Å². The van der Waals surface area contributed by atoms with Crippen LogP contribution in [0.2, 0.25) is 0 Å². The summed E-state index contributed by atoms with van der Waals surface area (Å²) in [4.78, 5) is 16.9. The number of carbonyl (C=O) groups is 1. The van der Waals surface area contributed by atoms with Crippen LogP contribution in [0.1, 0.15) is 33.1 Å². The van der Waals surface area contributed by atoms with Crippen molar-refractivity contribution in [3.63, 3.8) is 0 Å². The van der Waals surface area contributed by atoms with Crippen LogP contribution in [0.25, 0.3) is 0 Å². The lowest BCUT2D eigenvalue weighted by molar-refractivity contribution is -0.126. The van der Waals surface area contributed by atoms with Gasteiger partial charge in [-0.15, -0.1) is 0 Å². The zero-order valence-corrected chi connectivity index (χ0v) is 12.8. The van der Waals surface area contributed by atoms with Crippen LogP contribution in [0.4, 0.5) is 0 Å². The van der Waals surface area contributed by atoms with Crippen molar-refractivity contribution >= 4 is 15.9 Å². The van der Waals surface area contributed by atoms with Crippen LogP contribution in [0, 0.1) is 0 Å². The fourth-order valence-electron chi connectivity index (χ4n) is 1.95. The van der Waals surface area contributed by atoms with Gasteiger partial charge in [-0.05, 0) is 0 Å². The number of oxazole rings is 1. The molecule has 0 bridgehead atoms. The van der Waals surface area contributed by atoms with Crippen LogP contribution in [0.3, 0.4) is 0 Å². The van der Waals surface area contributed by atoms with E-state index in [0.29, 0.717) is 12.4 Å². The SMILES string of the molecule is CN1C[C@@H](NS(=O)(=O)c2cnc(C(C)(C)C)o2)CC1=O. The minimum atomic E-state index is -3.79. The highest BCUT2D eigenvalue weighted by Crippen LogP contribution is 2.24. The number of nitrogens with one attached hydrogen (secondary N) is 1. The zero-order chi connectivity index (χ0) is 15.1. The van der Waals surface area contributed by atoms with E-state index in [9.17, 15) is 13.2 Å². The first-order valence-corrected chi connectivity index (χ1v) is 7.80. The van der Waals surface area contributed by atoms with Crippen LogP contribution < -0.4 is 4.72 Å². The van der Waals surface area contributed by atoms with Crippen molar-refractivity contribution in [1.29, 1.82) is 0 Å². The van der Waals surface area contributed by atoms with E-state index >= 15 is 0 Å². The largest absolute Gasteiger partial charge is 0.427 e. The van der Waals surface area contributed by atoms with E-state index in [0.717, 1.165) is 0 Å². The first kappa shape index (κ1) is 15.0. The summed E-state index contributed by atoms with van der Waals surface area (Å²) in [5.41, 5.74) is -0.364. The van der Waals surface area contributed by atoms with E-state index in [1.807, 2.05) is 20.8 Å². The zero-order valence-electron chi connectivity index (χ0n) is 12.0. The topological polar surface area (TPSA) is 92.5 Å². The lowest BCUT2D eigenvalue weighted by Gasteiger charge is -2.13. The van der Waals surface area contributed by atoms with Gasteiger partial charge in [0.25, 0.3) is 15.1 Å². The summed E-state index contributed by atoms with van der Waals surface area (Å²) in [7, 11) is -2.15. The molecular formula is C12H19N3O4S. The van der Waals surface area contributed by atoms with Gasteiger partial charge in [0.2, 0.25) is 11.8 Å². The lowest BCUT2D eigenvalue weighted by atomic mass is 9.97. The Labute approximate surface area is 118 Å². The molecule has 1 amide bonds. The molecule has 2 heterocycles. The quantitative estimate of drug-likeness (QED) is 0.876. The molecule has 1 aliphatic heterocycles. The Kier molecular flexibility index (Phi) is 3.64. The summed E-state index contributed by atoms with van der Waals surface area (Å²) in [6.45, 7) is 6.01. The Morgan fingerprint density at radius 2 is 2.10 bits per heavy atom. The van der Waals surface area contributed by atoms with Crippen LogP contribution in [0.5, 0.6) is 0 Å².